The molecule has 0 fully saturated rings. The van der Waals surface area contributed by atoms with Gasteiger partial charge in [0, 0.05) is 0 Å². The molecule has 0 aliphatic rings. The number of rotatable bonds is 17. The van der Waals surface area contributed by atoms with Crippen molar-refractivity contribution in [3.63, 3.8) is 0 Å². The van der Waals surface area contributed by atoms with Gasteiger partial charge >= 0.3 is 0 Å². The lowest BCUT2D eigenvalue weighted by atomic mass is 10.1. The summed E-state index contributed by atoms with van der Waals surface area (Å²) in [5.74, 6) is 2.77. The summed E-state index contributed by atoms with van der Waals surface area (Å²) in [5.41, 5.74) is 1.63. The molecule has 0 unspecified atom stereocenters. The summed E-state index contributed by atoms with van der Waals surface area (Å²) in [6.45, 7) is 3.75. The lowest BCUT2D eigenvalue weighted by Gasteiger charge is -2.06. The van der Waals surface area contributed by atoms with Crippen LogP contribution in [-0.4, -0.2) is 19.0 Å². The predicted octanol–water partition coefficient (Wildman–Crippen LogP) is 8.71. The van der Waals surface area contributed by atoms with Crippen molar-refractivity contribution < 1.29 is 9.47 Å². The van der Waals surface area contributed by atoms with Gasteiger partial charge in [0.25, 0.3) is 0 Å². The standard InChI is InChI=1S/C26H38N2O2S/c1-2-3-4-9-20-29-25-16-12-23(13-17-25)27-28-24-14-18-26(19-15-24)30-21-10-7-5-6-8-11-22-31/h12-19,31H,2-11,20-22H2,1H3. The summed E-state index contributed by atoms with van der Waals surface area (Å²) in [6.07, 6.45) is 12.3. The van der Waals surface area contributed by atoms with E-state index < -0.39 is 0 Å². The molecule has 0 N–H and O–H groups in total. The van der Waals surface area contributed by atoms with Gasteiger partial charge in [-0.3, -0.25) is 0 Å². The summed E-state index contributed by atoms with van der Waals surface area (Å²) in [5, 5.41) is 8.62. The highest BCUT2D eigenvalue weighted by atomic mass is 32.1. The Balaban J connectivity index is 1.65. The number of benzene rings is 2. The molecule has 2 rings (SSSR count). The Bertz CT molecular complexity index is 717. The van der Waals surface area contributed by atoms with Crippen LogP contribution in [0.15, 0.2) is 58.8 Å². The third kappa shape index (κ3) is 11.8. The molecule has 0 bridgehead atoms. The Morgan fingerprint density at radius 3 is 1.45 bits per heavy atom. The van der Waals surface area contributed by atoms with Crippen LogP contribution in [0.5, 0.6) is 11.5 Å². The number of thiol groups is 1. The van der Waals surface area contributed by atoms with Gasteiger partial charge in [0.15, 0.2) is 0 Å². The normalized spacial score (nSPS) is 11.2. The van der Waals surface area contributed by atoms with E-state index in [1.165, 1.54) is 51.4 Å². The van der Waals surface area contributed by atoms with Crippen LogP contribution in [0.1, 0.15) is 71.1 Å². The molecule has 2 aromatic rings. The second-order valence-electron chi connectivity index (χ2n) is 7.79. The summed E-state index contributed by atoms with van der Waals surface area (Å²) >= 11 is 4.24. The highest BCUT2D eigenvalue weighted by Crippen LogP contribution is 2.23. The van der Waals surface area contributed by atoms with E-state index in [4.69, 9.17) is 9.47 Å². The van der Waals surface area contributed by atoms with Crippen molar-refractivity contribution in [3.05, 3.63) is 48.5 Å². The first kappa shape index (κ1) is 25.3. The van der Waals surface area contributed by atoms with Crippen molar-refractivity contribution >= 4 is 24.0 Å². The molecule has 31 heavy (non-hydrogen) atoms. The molecule has 0 amide bonds. The third-order valence-electron chi connectivity index (χ3n) is 5.04. The van der Waals surface area contributed by atoms with E-state index in [-0.39, 0.29) is 0 Å². The van der Waals surface area contributed by atoms with Crippen LogP contribution >= 0.6 is 12.6 Å². The zero-order chi connectivity index (χ0) is 22.0. The van der Waals surface area contributed by atoms with E-state index in [9.17, 15) is 0 Å². The van der Waals surface area contributed by atoms with Crippen molar-refractivity contribution in [2.75, 3.05) is 19.0 Å². The average molecular weight is 443 g/mol. The van der Waals surface area contributed by atoms with Crippen LogP contribution in [0, 0.1) is 0 Å². The van der Waals surface area contributed by atoms with Crippen LogP contribution < -0.4 is 9.47 Å². The van der Waals surface area contributed by atoms with Gasteiger partial charge in [-0.2, -0.15) is 22.9 Å². The number of azo groups is 1. The van der Waals surface area contributed by atoms with Crippen LogP contribution in [-0.2, 0) is 0 Å². The van der Waals surface area contributed by atoms with Crippen LogP contribution in [0.4, 0.5) is 11.4 Å². The van der Waals surface area contributed by atoms with Crippen molar-refractivity contribution in [1.29, 1.82) is 0 Å². The molecule has 0 aliphatic heterocycles. The van der Waals surface area contributed by atoms with Gasteiger partial charge in [-0.15, -0.1) is 0 Å². The number of hydrogen-bond acceptors (Lipinski definition) is 5. The number of nitrogens with zero attached hydrogens (tertiary/aromatic N) is 2. The predicted molar refractivity (Wildman–Crippen MR) is 134 cm³/mol. The fourth-order valence-corrected chi connectivity index (χ4v) is 3.39. The quantitative estimate of drug-likeness (QED) is 0.151. The largest absolute Gasteiger partial charge is 0.494 e. The molecule has 0 radical (unpaired) electrons. The molecular formula is C26H38N2O2S. The lowest BCUT2D eigenvalue weighted by molar-refractivity contribution is 0.304. The summed E-state index contributed by atoms with van der Waals surface area (Å²) in [6, 6.07) is 15.5. The van der Waals surface area contributed by atoms with E-state index in [0.717, 1.165) is 54.7 Å². The molecule has 0 aliphatic carbocycles. The van der Waals surface area contributed by atoms with Crippen molar-refractivity contribution in [2.24, 2.45) is 10.2 Å². The second-order valence-corrected chi connectivity index (χ2v) is 8.24. The van der Waals surface area contributed by atoms with E-state index in [1.807, 2.05) is 48.5 Å². The Labute approximate surface area is 193 Å². The molecule has 4 nitrogen and oxygen atoms in total. The van der Waals surface area contributed by atoms with Gasteiger partial charge in [-0.1, -0.05) is 51.9 Å². The molecule has 0 atom stereocenters. The van der Waals surface area contributed by atoms with Crippen LogP contribution in [0.25, 0.3) is 0 Å². The minimum Gasteiger partial charge on any atom is -0.494 e. The van der Waals surface area contributed by atoms with Crippen LogP contribution in [0.2, 0.25) is 0 Å². The van der Waals surface area contributed by atoms with Crippen molar-refractivity contribution in [3.8, 4) is 11.5 Å². The maximum Gasteiger partial charge on any atom is 0.119 e. The first-order chi connectivity index (χ1) is 15.3. The first-order valence-corrected chi connectivity index (χ1v) is 12.4. The number of unbranched alkanes of at least 4 members (excludes halogenated alkanes) is 8. The highest BCUT2D eigenvalue weighted by molar-refractivity contribution is 7.80. The molecule has 0 saturated heterocycles. The fraction of sp³-hybridized carbons (Fsp3) is 0.538. The monoisotopic (exact) mass is 442 g/mol. The lowest BCUT2D eigenvalue weighted by Crippen LogP contribution is -1.96. The number of ether oxygens (including phenoxy) is 2. The Hall–Kier alpha value is -2.01. The van der Waals surface area contributed by atoms with Gasteiger partial charge in [0.2, 0.25) is 0 Å². The second kappa shape index (κ2) is 16.7. The SMILES string of the molecule is CCCCCCOc1ccc(N=Nc2ccc(OCCCCCCCCS)cc2)cc1. The fourth-order valence-electron chi connectivity index (χ4n) is 3.16. The van der Waals surface area contributed by atoms with Crippen molar-refractivity contribution in [1.82, 2.24) is 0 Å². The summed E-state index contributed by atoms with van der Waals surface area (Å²) < 4.78 is 11.6. The third-order valence-corrected chi connectivity index (χ3v) is 5.36. The Morgan fingerprint density at radius 2 is 1.00 bits per heavy atom. The summed E-state index contributed by atoms with van der Waals surface area (Å²) in [4.78, 5) is 0. The van der Waals surface area contributed by atoms with Gasteiger partial charge in [-0.05, 0) is 73.5 Å². The minimum absolute atomic E-state index is 0.764. The van der Waals surface area contributed by atoms with Gasteiger partial charge in [0.05, 0.1) is 24.6 Å². The topological polar surface area (TPSA) is 43.2 Å². The smallest absolute Gasteiger partial charge is 0.119 e. The van der Waals surface area contributed by atoms with Gasteiger partial charge < -0.3 is 9.47 Å². The minimum atomic E-state index is 0.764. The molecule has 0 saturated carbocycles. The first-order valence-electron chi connectivity index (χ1n) is 11.8. The number of hydrogen-bond donors (Lipinski definition) is 1. The highest BCUT2D eigenvalue weighted by Gasteiger charge is 1.98. The van der Waals surface area contributed by atoms with Gasteiger partial charge in [0.1, 0.15) is 11.5 Å². The van der Waals surface area contributed by atoms with E-state index in [2.05, 4.69) is 29.8 Å². The molecule has 5 heteroatoms. The molecule has 0 aromatic heterocycles. The zero-order valence-corrected chi connectivity index (χ0v) is 19.9. The Kier molecular flexibility index (Phi) is 13.6. The van der Waals surface area contributed by atoms with E-state index in [1.54, 1.807) is 0 Å². The maximum atomic E-state index is 5.82. The van der Waals surface area contributed by atoms with Crippen LogP contribution in [0.3, 0.4) is 0 Å². The molecule has 170 valence electrons. The molecule has 0 spiro atoms. The Morgan fingerprint density at radius 1 is 0.581 bits per heavy atom. The van der Waals surface area contributed by atoms with E-state index >= 15 is 0 Å². The van der Waals surface area contributed by atoms with Gasteiger partial charge in [-0.25, -0.2) is 0 Å². The molecule has 2 aromatic carbocycles. The molecular weight excluding hydrogens is 404 g/mol. The zero-order valence-electron chi connectivity index (χ0n) is 19.0. The maximum absolute atomic E-state index is 5.82. The average Bonchev–Trinajstić information content (AvgIpc) is 2.81. The summed E-state index contributed by atoms with van der Waals surface area (Å²) in [7, 11) is 0. The van der Waals surface area contributed by atoms with Crippen molar-refractivity contribution in [2.45, 2.75) is 71.1 Å². The van der Waals surface area contributed by atoms with E-state index in [0.29, 0.717) is 0 Å². The molecule has 0 heterocycles.